The van der Waals surface area contributed by atoms with Crippen molar-refractivity contribution < 1.29 is 13.2 Å². The number of pyridine rings is 1. The van der Waals surface area contributed by atoms with Crippen molar-refractivity contribution in [1.82, 2.24) is 4.98 Å². The fourth-order valence-corrected chi connectivity index (χ4v) is 2.50. The van der Waals surface area contributed by atoms with Crippen molar-refractivity contribution in [3.63, 3.8) is 0 Å². The van der Waals surface area contributed by atoms with E-state index in [4.69, 9.17) is 17.3 Å². The van der Waals surface area contributed by atoms with Crippen LogP contribution in [0.25, 0.3) is 22.4 Å². The molecule has 0 aliphatic rings. The fraction of sp³-hybridized carbons (Fsp3) is 0.0556. The highest BCUT2D eigenvalue weighted by molar-refractivity contribution is 6.30. The molecule has 2 N–H and O–H groups in total. The predicted octanol–water partition coefficient (Wildman–Crippen LogP) is 5.67. The van der Waals surface area contributed by atoms with Gasteiger partial charge in [0, 0.05) is 16.1 Å². The van der Waals surface area contributed by atoms with Crippen LogP contribution in [-0.4, -0.2) is 4.98 Å². The average Bonchev–Trinajstić information content (AvgIpc) is 2.55. The molecule has 2 nitrogen and oxygen atoms in total. The molecule has 0 fully saturated rings. The van der Waals surface area contributed by atoms with Crippen LogP contribution in [0, 0.1) is 0 Å². The fourth-order valence-electron chi connectivity index (χ4n) is 2.37. The number of hydrogen-bond acceptors (Lipinski definition) is 2. The second kappa shape index (κ2) is 6.17. The van der Waals surface area contributed by atoms with Crippen LogP contribution in [0.2, 0.25) is 5.02 Å². The van der Waals surface area contributed by atoms with Crippen molar-refractivity contribution in [2.75, 3.05) is 5.73 Å². The van der Waals surface area contributed by atoms with Gasteiger partial charge in [-0.2, -0.15) is 13.2 Å². The summed E-state index contributed by atoms with van der Waals surface area (Å²) in [6.45, 7) is 0. The maximum absolute atomic E-state index is 12.7. The zero-order valence-electron chi connectivity index (χ0n) is 12.3. The molecule has 0 saturated heterocycles. The smallest absolute Gasteiger partial charge is 0.384 e. The Hall–Kier alpha value is -2.53. The lowest BCUT2D eigenvalue weighted by molar-refractivity contribution is -0.137. The molecule has 0 aliphatic carbocycles. The van der Waals surface area contributed by atoms with Gasteiger partial charge >= 0.3 is 6.18 Å². The summed E-state index contributed by atoms with van der Waals surface area (Å²) in [4.78, 5) is 4.30. The van der Waals surface area contributed by atoms with E-state index < -0.39 is 11.7 Å². The molecule has 0 saturated carbocycles. The molecule has 3 aromatic rings. The maximum Gasteiger partial charge on any atom is 0.416 e. The Morgan fingerprint density at radius 3 is 1.96 bits per heavy atom. The molecule has 0 unspecified atom stereocenters. The molecule has 0 atom stereocenters. The largest absolute Gasteiger partial charge is 0.416 e. The van der Waals surface area contributed by atoms with Crippen molar-refractivity contribution >= 4 is 17.4 Å². The molecule has 0 radical (unpaired) electrons. The minimum Gasteiger partial charge on any atom is -0.384 e. The standard InChI is InChI=1S/C18H12ClF3N2/c19-14-7-3-11(4-8-14)15-9-10-16(23)24-17(15)12-1-5-13(6-2-12)18(20,21)22/h1-10H,(H2,23,24). The summed E-state index contributed by atoms with van der Waals surface area (Å²) in [7, 11) is 0. The Labute approximate surface area is 141 Å². The predicted molar refractivity (Wildman–Crippen MR) is 89.5 cm³/mol. The quantitative estimate of drug-likeness (QED) is 0.648. The summed E-state index contributed by atoms with van der Waals surface area (Å²) < 4.78 is 38.2. The van der Waals surface area contributed by atoms with E-state index in [0.29, 0.717) is 22.1 Å². The molecule has 6 heteroatoms. The Balaban J connectivity index is 2.10. The number of alkyl halides is 3. The molecule has 122 valence electrons. The van der Waals surface area contributed by atoms with Crippen LogP contribution in [0.3, 0.4) is 0 Å². The lowest BCUT2D eigenvalue weighted by atomic mass is 9.98. The van der Waals surface area contributed by atoms with Crippen LogP contribution in [0.1, 0.15) is 5.56 Å². The molecule has 0 spiro atoms. The van der Waals surface area contributed by atoms with Gasteiger partial charge in [0.05, 0.1) is 11.3 Å². The van der Waals surface area contributed by atoms with Crippen LogP contribution in [0.15, 0.2) is 60.7 Å². The van der Waals surface area contributed by atoms with E-state index >= 15 is 0 Å². The summed E-state index contributed by atoms with van der Waals surface area (Å²) in [6, 6.07) is 15.4. The van der Waals surface area contributed by atoms with Crippen molar-refractivity contribution in [1.29, 1.82) is 0 Å². The number of benzene rings is 2. The summed E-state index contributed by atoms with van der Waals surface area (Å²) >= 11 is 5.90. The maximum atomic E-state index is 12.7. The number of anilines is 1. The first-order valence-electron chi connectivity index (χ1n) is 7.05. The summed E-state index contributed by atoms with van der Waals surface area (Å²) in [5, 5.41) is 0.596. The van der Waals surface area contributed by atoms with Gasteiger partial charge in [-0.3, -0.25) is 0 Å². The Bertz CT molecular complexity index is 857. The third-order valence-corrected chi connectivity index (χ3v) is 3.81. The van der Waals surface area contributed by atoms with Crippen LogP contribution >= 0.6 is 11.6 Å². The van der Waals surface area contributed by atoms with Gasteiger partial charge in [0.1, 0.15) is 5.82 Å². The highest BCUT2D eigenvalue weighted by atomic mass is 35.5. The molecule has 2 aromatic carbocycles. The second-order valence-electron chi connectivity index (χ2n) is 5.21. The number of aromatic nitrogens is 1. The van der Waals surface area contributed by atoms with Crippen molar-refractivity contribution in [2.24, 2.45) is 0 Å². The molecule has 0 bridgehead atoms. The molecular weight excluding hydrogens is 337 g/mol. The number of nitrogens with two attached hydrogens (primary N) is 1. The van der Waals surface area contributed by atoms with Crippen LogP contribution in [0.5, 0.6) is 0 Å². The molecule has 24 heavy (non-hydrogen) atoms. The molecular formula is C18H12ClF3N2. The first-order chi connectivity index (χ1) is 11.3. The molecule has 3 rings (SSSR count). The first-order valence-corrected chi connectivity index (χ1v) is 7.42. The van der Waals surface area contributed by atoms with E-state index in [1.807, 2.05) is 12.1 Å². The Kier molecular flexibility index (Phi) is 4.20. The van der Waals surface area contributed by atoms with Gasteiger partial charge in [-0.1, -0.05) is 35.9 Å². The normalized spacial score (nSPS) is 11.5. The SMILES string of the molecule is Nc1ccc(-c2ccc(Cl)cc2)c(-c2ccc(C(F)(F)F)cc2)n1. The van der Waals surface area contributed by atoms with E-state index in [1.165, 1.54) is 12.1 Å². The molecule has 1 heterocycles. The number of nitrogen functional groups attached to an aromatic ring is 1. The number of rotatable bonds is 2. The van der Waals surface area contributed by atoms with Gasteiger partial charge in [0.15, 0.2) is 0 Å². The van der Waals surface area contributed by atoms with Gasteiger partial charge in [-0.25, -0.2) is 4.98 Å². The third kappa shape index (κ3) is 3.36. The third-order valence-electron chi connectivity index (χ3n) is 3.56. The van der Waals surface area contributed by atoms with Gasteiger partial charge in [-0.15, -0.1) is 0 Å². The summed E-state index contributed by atoms with van der Waals surface area (Å²) in [5.74, 6) is 0.294. The Morgan fingerprint density at radius 1 is 0.792 bits per heavy atom. The zero-order valence-corrected chi connectivity index (χ0v) is 13.1. The zero-order chi connectivity index (χ0) is 17.3. The number of hydrogen-bond donors (Lipinski definition) is 1. The van der Waals surface area contributed by atoms with Crippen molar-refractivity contribution in [2.45, 2.75) is 6.18 Å². The van der Waals surface area contributed by atoms with E-state index in [-0.39, 0.29) is 0 Å². The van der Waals surface area contributed by atoms with E-state index in [0.717, 1.165) is 23.3 Å². The van der Waals surface area contributed by atoms with E-state index in [1.54, 1.807) is 24.3 Å². The lowest BCUT2D eigenvalue weighted by Crippen LogP contribution is -2.04. The van der Waals surface area contributed by atoms with Gasteiger partial charge < -0.3 is 5.73 Å². The van der Waals surface area contributed by atoms with Gasteiger partial charge in [-0.05, 0) is 42.0 Å². The minimum absolute atomic E-state index is 0.294. The topological polar surface area (TPSA) is 38.9 Å². The lowest BCUT2D eigenvalue weighted by Gasteiger charge is -2.12. The highest BCUT2D eigenvalue weighted by Gasteiger charge is 2.30. The molecule has 0 amide bonds. The van der Waals surface area contributed by atoms with Crippen LogP contribution in [-0.2, 0) is 6.18 Å². The average molecular weight is 349 g/mol. The van der Waals surface area contributed by atoms with Crippen molar-refractivity contribution in [3.05, 3.63) is 71.2 Å². The Morgan fingerprint density at radius 2 is 1.38 bits per heavy atom. The first kappa shape index (κ1) is 16.3. The van der Waals surface area contributed by atoms with Crippen LogP contribution < -0.4 is 5.73 Å². The minimum atomic E-state index is -4.37. The number of halogens is 4. The second-order valence-corrected chi connectivity index (χ2v) is 5.65. The highest BCUT2D eigenvalue weighted by Crippen LogP contribution is 2.34. The van der Waals surface area contributed by atoms with Crippen molar-refractivity contribution in [3.8, 4) is 22.4 Å². The summed E-state index contributed by atoms with van der Waals surface area (Å²) in [6.07, 6.45) is -4.37. The van der Waals surface area contributed by atoms with E-state index in [9.17, 15) is 13.2 Å². The van der Waals surface area contributed by atoms with Gasteiger partial charge in [0.25, 0.3) is 0 Å². The molecule has 1 aromatic heterocycles. The summed E-state index contributed by atoms with van der Waals surface area (Å²) in [5.41, 5.74) is 7.74. The van der Waals surface area contributed by atoms with E-state index in [2.05, 4.69) is 4.98 Å². The van der Waals surface area contributed by atoms with Crippen LogP contribution in [0.4, 0.5) is 19.0 Å². The number of nitrogens with zero attached hydrogens (tertiary/aromatic N) is 1. The monoisotopic (exact) mass is 348 g/mol. The molecule has 0 aliphatic heterocycles. The van der Waals surface area contributed by atoms with Gasteiger partial charge in [0.2, 0.25) is 0 Å².